The normalized spacial score (nSPS) is 12.2. The van der Waals surface area contributed by atoms with Crippen LogP contribution in [0.5, 0.6) is 11.5 Å². The second-order valence-electron chi connectivity index (χ2n) is 5.72. The maximum absolute atomic E-state index is 12.7. The molecule has 2 aromatic rings. The molecule has 26 heavy (non-hydrogen) atoms. The Kier molecular flexibility index (Phi) is 6.10. The Balaban J connectivity index is 2.28. The fourth-order valence-electron chi connectivity index (χ4n) is 2.50. The first-order chi connectivity index (χ1) is 12.2. The number of sulfonamides is 1. The number of rotatable bonds is 7. The first-order valence-corrected chi connectivity index (χ1v) is 9.74. The molecule has 1 amide bonds. The van der Waals surface area contributed by atoms with Gasteiger partial charge >= 0.3 is 0 Å². The molecule has 0 radical (unpaired) electrons. The summed E-state index contributed by atoms with van der Waals surface area (Å²) in [5.74, 6) is 0.844. The molecule has 8 heteroatoms. The SMILES string of the molecule is COc1ccc(OC)c([C@H](C)NC(=O)c2ccccc2NS(C)(=O)=O)c1. The summed E-state index contributed by atoms with van der Waals surface area (Å²) in [5.41, 5.74) is 1.19. The average Bonchev–Trinajstić information content (AvgIpc) is 2.60. The van der Waals surface area contributed by atoms with Crippen LogP contribution in [0.15, 0.2) is 42.5 Å². The lowest BCUT2D eigenvalue weighted by Gasteiger charge is -2.19. The zero-order valence-corrected chi connectivity index (χ0v) is 15.9. The quantitative estimate of drug-likeness (QED) is 0.772. The summed E-state index contributed by atoms with van der Waals surface area (Å²) in [7, 11) is -0.396. The van der Waals surface area contributed by atoms with Crippen molar-refractivity contribution in [2.75, 3.05) is 25.2 Å². The third-order valence-electron chi connectivity index (χ3n) is 3.72. The maximum atomic E-state index is 12.7. The van der Waals surface area contributed by atoms with Crippen LogP contribution in [0.1, 0.15) is 28.9 Å². The molecular formula is C18H22N2O5S. The average molecular weight is 378 g/mol. The van der Waals surface area contributed by atoms with Crippen LogP contribution >= 0.6 is 0 Å². The number of benzene rings is 2. The predicted octanol–water partition coefficient (Wildman–Crippen LogP) is 2.57. The molecule has 2 N–H and O–H groups in total. The molecule has 7 nitrogen and oxygen atoms in total. The van der Waals surface area contributed by atoms with E-state index in [-0.39, 0.29) is 17.3 Å². The zero-order valence-electron chi connectivity index (χ0n) is 15.1. The highest BCUT2D eigenvalue weighted by atomic mass is 32.2. The molecule has 0 saturated carbocycles. The molecule has 0 aliphatic carbocycles. The van der Waals surface area contributed by atoms with E-state index in [0.717, 1.165) is 11.8 Å². The number of carbonyl (C=O) groups is 1. The number of ether oxygens (including phenoxy) is 2. The van der Waals surface area contributed by atoms with Crippen molar-refractivity contribution in [1.82, 2.24) is 5.32 Å². The second-order valence-corrected chi connectivity index (χ2v) is 7.47. The van der Waals surface area contributed by atoms with Crippen LogP contribution in [0, 0.1) is 0 Å². The number of amides is 1. The van der Waals surface area contributed by atoms with Crippen molar-refractivity contribution >= 4 is 21.6 Å². The van der Waals surface area contributed by atoms with E-state index in [4.69, 9.17) is 9.47 Å². The van der Waals surface area contributed by atoms with Gasteiger partial charge in [-0.15, -0.1) is 0 Å². The van der Waals surface area contributed by atoms with E-state index in [1.165, 1.54) is 6.07 Å². The Hall–Kier alpha value is -2.74. The van der Waals surface area contributed by atoms with Crippen molar-refractivity contribution in [2.24, 2.45) is 0 Å². The highest BCUT2D eigenvalue weighted by molar-refractivity contribution is 7.92. The topological polar surface area (TPSA) is 93.7 Å². The van der Waals surface area contributed by atoms with Gasteiger partial charge in [-0.3, -0.25) is 9.52 Å². The van der Waals surface area contributed by atoms with E-state index in [0.29, 0.717) is 11.5 Å². The van der Waals surface area contributed by atoms with Gasteiger partial charge in [0.05, 0.1) is 37.8 Å². The molecule has 0 aliphatic rings. The highest BCUT2D eigenvalue weighted by Crippen LogP contribution is 2.29. The third kappa shape index (κ3) is 4.89. The molecule has 1 atom stereocenters. The van der Waals surface area contributed by atoms with Gasteiger partial charge in [0.15, 0.2) is 0 Å². The van der Waals surface area contributed by atoms with Crippen LogP contribution in [0.25, 0.3) is 0 Å². The van der Waals surface area contributed by atoms with Crippen LogP contribution < -0.4 is 19.5 Å². The number of methoxy groups -OCH3 is 2. The molecular weight excluding hydrogens is 356 g/mol. The van der Waals surface area contributed by atoms with Gasteiger partial charge in [-0.2, -0.15) is 0 Å². The number of hydrogen-bond acceptors (Lipinski definition) is 5. The number of nitrogens with one attached hydrogen (secondary N) is 2. The summed E-state index contributed by atoms with van der Waals surface area (Å²) in [5, 5.41) is 2.86. The molecule has 140 valence electrons. The number of hydrogen-bond donors (Lipinski definition) is 2. The van der Waals surface area contributed by atoms with E-state index < -0.39 is 15.9 Å². The molecule has 0 bridgehead atoms. The Morgan fingerprint density at radius 1 is 1.08 bits per heavy atom. The van der Waals surface area contributed by atoms with Crippen LogP contribution in [-0.4, -0.2) is 34.8 Å². The van der Waals surface area contributed by atoms with Gasteiger partial charge in [0.2, 0.25) is 10.0 Å². The summed E-state index contributed by atoms with van der Waals surface area (Å²) < 4.78 is 35.9. The van der Waals surface area contributed by atoms with Gasteiger partial charge in [-0.1, -0.05) is 12.1 Å². The van der Waals surface area contributed by atoms with Crippen LogP contribution in [0.2, 0.25) is 0 Å². The van der Waals surface area contributed by atoms with Crippen molar-refractivity contribution in [3.63, 3.8) is 0 Å². The van der Waals surface area contributed by atoms with E-state index in [2.05, 4.69) is 10.0 Å². The molecule has 2 aromatic carbocycles. The molecule has 0 heterocycles. The predicted molar refractivity (Wildman–Crippen MR) is 100 cm³/mol. The Morgan fingerprint density at radius 3 is 2.38 bits per heavy atom. The Bertz CT molecular complexity index is 896. The summed E-state index contributed by atoms with van der Waals surface area (Å²) in [6.45, 7) is 1.81. The fraction of sp³-hybridized carbons (Fsp3) is 0.278. The first kappa shape index (κ1) is 19.6. The molecule has 0 saturated heterocycles. The summed E-state index contributed by atoms with van der Waals surface area (Å²) >= 11 is 0. The molecule has 0 aliphatic heterocycles. The van der Waals surface area contributed by atoms with Gasteiger partial charge in [-0.05, 0) is 37.3 Å². The van der Waals surface area contributed by atoms with E-state index in [1.807, 2.05) is 6.92 Å². The van der Waals surface area contributed by atoms with E-state index in [1.54, 1.807) is 50.6 Å². The lowest BCUT2D eigenvalue weighted by atomic mass is 10.1. The minimum atomic E-state index is -3.50. The lowest BCUT2D eigenvalue weighted by Crippen LogP contribution is -2.28. The van der Waals surface area contributed by atoms with E-state index >= 15 is 0 Å². The Labute approximate surface area is 153 Å². The summed E-state index contributed by atoms with van der Waals surface area (Å²) in [4.78, 5) is 12.7. The second kappa shape index (κ2) is 8.09. The molecule has 0 spiro atoms. The molecule has 0 unspecified atom stereocenters. The van der Waals surface area contributed by atoms with Crippen LogP contribution in [0.3, 0.4) is 0 Å². The monoisotopic (exact) mass is 378 g/mol. The molecule has 0 aromatic heterocycles. The van der Waals surface area contributed by atoms with Crippen LogP contribution in [-0.2, 0) is 10.0 Å². The van der Waals surface area contributed by atoms with Gasteiger partial charge in [0.1, 0.15) is 11.5 Å². The fourth-order valence-corrected chi connectivity index (χ4v) is 3.08. The van der Waals surface area contributed by atoms with Crippen molar-refractivity contribution < 1.29 is 22.7 Å². The molecule has 0 fully saturated rings. The Morgan fingerprint density at radius 2 is 1.77 bits per heavy atom. The van der Waals surface area contributed by atoms with Gasteiger partial charge in [0.25, 0.3) is 5.91 Å². The lowest BCUT2D eigenvalue weighted by molar-refractivity contribution is 0.0940. The van der Waals surface area contributed by atoms with Gasteiger partial charge in [0, 0.05) is 5.56 Å². The largest absolute Gasteiger partial charge is 0.497 e. The minimum Gasteiger partial charge on any atom is -0.497 e. The smallest absolute Gasteiger partial charge is 0.253 e. The summed E-state index contributed by atoms with van der Waals surface area (Å²) in [6.07, 6.45) is 1.03. The zero-order chi connectivity index (χ0) is 19.3. The van der Waals surface area contributed by atoms with Crippen molar-refractivity contribution in [2.45, 2.75) is 13.0 Å². The van der Waals surface area contributed by atoms with Gasteiger partial charge in [-0.25, -0.2) is 8.42 Å². The number of anilines is 1. The number of carbonyl (C=O) groups excluding carboxylic acids is 1. The summed E-state index contributed by atoms with van der Waals surface area (Å²) in [6, 6.07) is 11.3. The third-order valence-corrected chi connectivity index (χ3v) is 4.31. The minimum absolute atomic E-state index is 0.220. The van der Waals surface area contributed by atoms with Gasteiger partial charge < -0.3 is 14.8 Å². The highest BCUT2D eigenvalue weighted by Gasteiger charge is 2.19. The van der Waals surface area contributed by atoms with Crippen molar-refractivity contribution in [1.29, 1.82) is 0 Å². The first-order valence-electron chi connectivity index (χ1n) is 7.84. The number of para-hydroxylation sites is 1. The molecule has 2 rings (SSSR count). The van der Waals surface area contributed by atoms with Crippen molar-refractivity contribution in [3.8, 4) is 11.5 Å². The standard InChI is InChI=1S/C18H22N2O5S/c1-12(15-11-13(24-2)9-10-17(15)25-3)19-18(21)14-7-5-6-8-16(14)20-26(4,22)23/h5-12,20H,1-4H3,(H,19,21)/t12-/m0/s1. The van der Waals surface area contributed by atoms with Crippen LogP contribution in [0.4, 0.5) is 5.69 Å². The van der Waals surface area contributed by atoms with E-state index in [9.17, 15) is 13.2 Å². The maximum Gasteiger partial charge on any atom is 0.253 e. The van der Waals surface area contributed by atoms with Crippen molar-refractivity contribution in [3.05, 3.63) is 53.6 Å².